The second kappa shape index (κ2) is 9.06. The summed E-state index contributed by atoms with van der Waals surface area (Å²) in [7, 11) is 1.56. The van der Waals surface area contributed by atoms with Gasteiger partial charge in [-0.1, -0.05) is 19.3 Å². The number of benzene rings is 1. The maximum atomic E-state index is 13.2. The predicted octanol–water partition coefficient (Wildman–Crippen LogP) is 4.84. The molecule has 1 aliphatic heterocycles. The summed E-state index contributed by atoms with van der Waals surface area (Å²) in [6.07, 6.45) is 9.92. The Balaban J connectivity index is 1.40. The average Bonchev–Trinajstić information content (AvgIpc) is 3.25. The number of carbonyl (C=O) groups excluding carboxylic acids is 2. The molecule has 0 bridgehead atoms. The number of methoxy groups -OCH3 is 1. The Morgan fingerprint density at radius 2 is 1.72 bits per heavy atom. The van der Waals surface area contributed by atoms with Crippen molar-refractivity contribution < 1.29 is 19.1 Å². The third-order valence-electron chi connectivity index (χ3n) is 6.83. The second-order valence-corrected chi connectivity index (χ2v) is 8.70. The molecule has 158 valence electrons. The van der Waals surface area contributed by atoms with Crippen LogP contribution in [0.4, 0.5) is 10.5 Å². The molecule has 2 atom stereocenters. The first-order valence-corrected chi connectivity index (χ1v) is 11.1. The van der Waals surface area contributed by atoms with Crippen LogP contribution in [-0.4, -0.2) is 43.2 Å². The smallest absolute Gasteiger partial charge is 0.411 e. The lowest BCUT2D eigenvalue weighted by molar-refractivity contribution is 0.0518. The van der Waals surface area contributed by atoms with Gasteiger partial charge in [-0.15, -0.1) is 0 Å². The van der Waals surface area contributed by atoms with Crippen molar-refractivity contribution in [3.05, 3.63) is 23.8 Å². The third kappa shape index (κ3) is 4.68. The number of amides is 2. The van der Waals surface area contributed by atoms with Gasteiger partial charge < -0.3 is 14.4 Å². The summed E-state index contributed by atoms with van der Waals surface area (Å²) < 4.78 is 10.9. The standard InChI is InChI=1S/C23H32N2O4/c1-28-21-14-18(24-23(27)29-19-8-4-5-9-19)10-11-20(21)22(26)25-13-12-16-6-2-3-7-17(16)15-25/h10-11,14,16-17,19H,2-9,12-13,15H2,1H3,(H,24,27)/t16-,17+/m1/s1. The minimum absolute atomic E-state index is 0.0143. The maximum Gasteiger partial charge on any atom is 0.411 e. The van der Waals surface area contributed by atoms with Crippen molar-refractivity contribution in [3.8, 4) is 5.75 Å². The molecule has 2 saturated carbocycles. The second-order valence-electron chi connectivity index (χ2n) is 8.70. The largest absolute Gasteiger partial charge is 0.496 e. The number of hydrogen-bond acceptors (Lipinski definition) is 4. The minimum Gasteiger partial charge on any atom is -0.496 e. The van der Waals surface area contributed by atoms with Crippen LogP contribution in [0.5, 0.6) is 5.75 Å². The van der Waals surface area contributed by atoms with Crippen LogP contribution in [0.15, 0.2) is 18.2 Å². The molecule has 1 N–H and O–H groups in total. The minimum atomic E-state index is -0.447. The fraction of sp³-hybridized carbons (Fsp3) is 0.652. The van der Waals surface area contributed by atoms with Gasteiger partial charge in [0.25, 0.3) is 5.91 Å². The number of nitrogens with one attached hydrogen (secondary N) is 1. The van der Waals surface area contributed by atoms with E-state index in [1.54, 1.807) is 25.3 Å². The van der Waals surface area contributed by atoms with Gasteiger partial charge in [-0.2, -0.15) is 0 Å². The number of fused-ring (bicyclic) bond motifs is 1. The molecule has 6 nitrogen and oxygen atoms in total. The van der Waals surface area contributed by atoms with Crippen molar-refractivity contribution in [3.63, 3.8) is 0 Å². The molecule has 0 spiro atoms. The van der Waals surface area contributed by atoms with Gasteiger partial charge in [-0.3, -0.25) is 10.1 Å². The Morgan fingerprint density at radius 3 is 2.48 bits per heavy atom. The molecule has 4 rings (SSSR count). The number of nitrogens with zero attached hydrogens (tertiary/aromatic N) is 1. The highest BCUT2D eigenvalue weighted by Crippen LogP contribution is 2.37. The normalized spacial score (nSPS) is 24.7. The lowest BCUT2D eigenvalue weighted by Crippen LogP contribution is -2.44. The topological polar surface area (TPSA) is 67.9 Å². The van der Waals surface area contributed by atoms with Crippen LogP contribution in [0.25, 0.3) is 0 Å². The highest BCUT2D eigenvalue weighted by atomic mass is 16.6. The molecule has 2 amide bonds. The SMILES string of the molecule is COc1cc(NC(=O)OC2CCCC2)ccc1C(=O)N1CC[C@H]2CCCC[C@H]2C1. The van der Waals surface area contributed by atoms with E-state index in [-0.39, 0.29) is 12.0 Å². The molecule has 2 aliphatic carbocycles. The van der Waals surface area contributed by atoms with E-state index < -0.39 is 6.09 Å². The molecule has 6 heteroatoms. The Bertz CT molecular complexity index is 744. The molecule has 29 heavy (non-hydrogen) atoms. The molecule has 3 aliphatic rings. The zero-order valence-electron chi connectivity index (χ0n) is 17.3. The lowest BCUT2D eigenvalue weighted by atomic mass is 9.75. The van der Waals surface area contributed by atoms with E-state index in [1.165, 1.54) is 25.7 Å². The van der Waals surface area contributed by atoms with Crippen LogP contribution in [0.1, 0.15) is 68.1 Å². The zero-order valence-corrected chi connectivity index (χ0v) is 17.3. The van der Waals surface area contributed by atoms with E-state index in [0.717, 1.165) is 51.1 Å². The molecule has 0 radical (unpaired) electrons. The van der Waals surface area contributed by atoms with Gasteiger partial charge in [0.05, 0.1) is 12.7 Å². The van der Waals surface area contributed by atoms with E-state index in [0.29, 0.717) is 22.9 Å². The molecule has 3 fully saturated rings. The average molecular weight is 401 g/mol. The van der Waals surface area contributed by atoms with Crippen LogP contribution in [-0.2, 0) is 4.74 Å². The summed E-state index contributed by atoms with van der Waals surface area (Å²) in [6, 6.07) is 5.20. The highest BCUT2D eigenvalue weighted by molar-refractivity contribution is 5.98. The molecular formula is C23H32N2O4. The highest BCUT2D eigenvalue weighted by Gasteiger charge is 2.34. The Morgan fingerprint density at radius 1 is 1.00 bits per heavy atom. The third-order valence-corrected chi connectivity index (χ3v) is 6.83. The molecule has 1 saturated heterocycles. The van der Waals surface area contributed by atoms with Crippen LogP contribution in [0.2, 0.25) is 0 Å². The molecule has 0 unspecified atom stereocenters. The Kier molecular flexibility index (Phi) is 6.26. The van der Waals surface area contributed by atoms with E-state index >= 15 is 0 Å². The van der Waals surface area contributed by atoms with Crippen molar-refractivity contribution in [2.45, 2.75) is 63.9 Å². The Hall–Kier alpha value is -2.24. The zero-order chi connectivity index (χ0) is 20.2. The number of ether oxygens (including phenoxy) is 2. The summed E-state index contributed by atoms with van der Waals surface area (Å²) in [5.74, 6) is 1.93. The van der Waals surface area contributed by atoms with Crippen molar-refractivity contribution in [1.29, 1.82) is 0 Å². The first-order chi connectivity index (χ1) is 14.1. The fourth-order valence-corrected chi connectivity index (χ4v) is 5.21. The van der Waals surface area contributed by atoms with Gasteiger partial charge in [0.15, 0.2) is 0 Å². The monoisotopic (exact) mass is 400 g/mol. The number of carbonyl (C=O) groups is 2. The number of anilines is 1. The quantitative estimate of drug-likeness (QED) is 0.785. The Labute approximate surface area is 172 Å². The van der Waals surface area contributed by atoms with Gasteiger partial charge in [0, 0.05) is 24.8 Å². The lowest BCUT2D eigenvalue weighted by Gasteiger charge is -2.41. The summed E-state index contributed by atoms with van der Waals surface area (Å²) in [5, 5.41) is 2.76. The van der Waals surface area contributed by atoms with Crippen LogP contribution < -0.4 is 10.1 Å². The van der Waals surface area contributed by atoms with E-state index in [9.17, 15) is 9.59 Å². The maximum absolute atomic E-state index is 13.2. The van der Waals surface area contributed by atoms with Gasteiger partial charge in [-0.05, 0) is 62.5 Å². The summed E-state index contributed by atoms with van der Waals surface area (Å²) in [4.78, 5) is 27.2. The van der Waals surface area contributed by atoms with Crippen molar-refractivity contribution >= 4 is 17.7 Å². The molecule has 1 aromatic carbocycles. The number of likely N-dealkylation sites (tertiary alicyclic amines) is 1. The van der Waals surface area contributed by atoms with Crippen LogP contribution in [0.3, 0.4) is 0 Å². The molecule has 1 aromatic rings. The first kappa shape index (κ1) is 20.0. The van der Waals surface area contributed by atoms with E-state index in [4.69, 9.17) is 9.47 Å². The number of piperidine rings is 1. The van der Waals surface area contributed by atoms with Crippen LogP contribution in [0, 0.1) is 11.8 Å². The molecular weight excluding hydrogens is 368 g/mol. The summed E-state index contributed by atoms with van der Waals surface area (Å²) in [6.45, 7) is 1.66. The van der Waals surface area contributed by atoms with Crippen molar-refractivity contribution in [2.24, 2.45) is 11.8 Å². The molecule has 1 heterocycles. The van der Waals surface area contributed by atoms with E-state index in [2.05, 4.69) is 5.32 Å². The van der Waals surface area contributed by atoms with E-state index in [1.807, 2.05) is 4.90 Å². The molecule has 0 aromatic heterocycles. The van der Waals surface area contributed by atoms with Crippen LogP contribution >= 0.6 is 0 Å². The predicted molar refractivity (Wildman–Crippen MR) is 111 cm³/mol. The van der Waals surface area contributed by atoms with Gasteiger partial charge in [0.2, 0.25) is 0 Å². The number of rotatable bonds is 4. The first-order valence-electron chi connectivity index (χ1n) is 11.1. The van der Waals surface area contributed by atoms with Gasteiger partial charge in [0.1, 0.15) is 11.9 Å². The summed E-state index contributed by atoms with van der Waals surface area (Å²) in [5.41, 5.74) is 1.13. The van der Waals surface area contributed by atoms with Gasteiger partial charge in [-0.25, -0.2) is 4.79 Å². The van der Waals surface area contributed by atoms with Crippen molar-refractivity contribution in [2.75, 3.05) is 25.5 Å². The fourth-order valence-electron chi connectivity index (χ4n) is 5.21. The van der Waals surface area contributed by atoms with Gasteiger partial charge >= 0.3 is 6.09 Å². The summed E-state index contributed by atoms with van der Waals surface area (Å²) >= 11 is 0. The van der Waals surface area contributed by atoms with Crippen molar-refractivity contribution in [1.82, 2.24) is 4.90 Å². The number of hydrogen-bond donors (Lipinski definition) is 1.